The zero-order valence-electron chi connectivity index (χ0n) is 11.9. The molecule has 1 aromatic heterocycles. The predicted octanol–water partition coefficient (Wildman–Crippen LogP) is 1.65. The van der Waals surface area contributed by atoms with Gasteiger partial charge < -0.3 is 10.1 Å². The Hall–Kier alpha value is -2.26. The Morgan fingerprint density at radius 1 is 1.32 bits per heavy atom. The largest absolute Gasteiger partial charge is 0.358 e. The fourth-order valence-electron chi connectivity index (χ4n) is 1.95. The summed E-state index contributed by atoms with van der Waals surface area (Å²) in [6, 6.07) is 8.64. The van der Waals surface area contributed by atoms with Crippen molar-refractivity contribution >= 4 is 15.9 Å². The van der Waals surface area contributed by atoms with Crippen LogP contribution < -0.4 is 0 Å². The van der Waals surface area contributed by atoms with E-state index in [1.807, 2.05) is 0 Å². The van der Waals surface area contributed by atoms with Crippen molar-refractivity contribution in [3.05, 3.63) is 58.0 Å². The topological polar surface area (TPSA) is 104 Å². The van der Waals surface area contributed by atoms with Crippen LogP contribution in [0.25, 0.3) is 0 Å². The highest BCUT2D eigenvalue weighted by atomic mass is 32.2. The van der Waals surface area contributed by atoms with Gasteiger partial charge in [-0.2, -0.15) is 8.42 Å². The van der Waals surface area contributed by atoms with Crippen molar-refractivity contribution in [2.24, 2.45) is 0 Å². The Balaban J connectivity index is 1.96. The first-order valence-electron chi connectivity index (χ1n) is 6.46. The van der Waals surface area contributed by atoms with Crippen molar-refractivity contribution in [2.45, 2.75) is 19.2 Å². The van der Waals surface area contributed by atoms with Crippen LogP contribution in [0.4, 0.5) is 5.82 Å². The number of aryl methyl sites for hydroxylation is 1. The molecule has 0 fully saturated rings. The van der Waals surface area contributed by atoms with Crippen LogP contribution in [0.3, 0.4) is 0 Å². The summed E-state index contributed by atoms with van der Waals surface area (Å²) in [6.45, 7) is 1.45. The molecule has 0 radical (unpaired) electrons. The quantitative estimate of drug-likeness (QED) is 0.435. The molecule has 0 saturated carbocycles. The van der Waals surface area contributed by atoms with Crippen LogP contribution in [-0.4, -0.2) is 29.5 Å². The van der Waals surface area contributed by atoms with Crippen LogP contribution in [0.5, 0.6) is 0 Å². The number of benzene rings is 1. The van der Waals surface area contributed by atoms with E-state index in [0.29, 0.717) is 11.4 Å². The number of hydrogen-bond donors (Lipinski definition) is 0. The number of nitrogens with zero attached hydrogens (tertiary/aromatic N) is 3. The first-order valence-corrected chi connectivity index (χ1v) is 8.04. The van der Waals surface area contributed by atoms with Crippen molar-refractivity contribution in [2.75, 3.05) is 6.61 Å². The molecule has 0 atom stereocenters. The average Bonchev–Trinajstić information content (AvgIpc) is 2.81. The third-order valence-electron chi connectivity index (χ3n) is 2.99. The highest BCUT2D eigenvalue weighted by Gasteiger charge is 2.19. The Labute approximate surface area is 127 Å². The van der Waals surface area contributed by atoms with E-state index in [4.69, 9.17) is 4.18 Å². The summed E-state index contributed by atoms with van der Waals surface area (Å²) < 4.78 is 29.9. The molecule has 0 N–H and O–H groups in total. The SMILES string of the molecule is Cc1ncc([N+](=O)[O-])n1CCOS(=O)(=O)Cc1ccccc1. The molecule has 118 valence electrons. The molecular weight excluding hydrogens is 310 g/mol. The molecule has 22 heavy (non-hydrogen) atoms. The van der Waals surface area contributed by atoms with Crippen molar-refractivity contribution in [1.82, 2.24) is 9.55 Å². The molecule has 2 rings (SSSR count). The number of imidazole rings is 1. The molecular formula is C13H15N3O5S. The summed E-state index contributed by atoms with van der Waals surface area (Å²) >= 11 is 0. The lowest BCUT2D eigenvalue weighted by molar-refractivity contribution is -0.392. The highest BCUT2D eigenvalue weighted by Crippen LogP contribution is 2.14. The van der Waals surface area contributed by atoms with Gasteiger partial charge in [-0.15, -0.1) is 0 Å². The molecule has 0 saturated heterocycles. The van der Waals surface area contributed by atoms with Gasteiger partial charge in [0.05, 0.1) is 0 Å². The maximum atomic E-state index is 11.9. The van der Waals surface area contributed by atoms with E-state index in [1.54, 1.807) is 37.3 Å². The Kier molecular flexibility index (Phi) is 4.88. The second-order valence-electron chi connectivity index (χ2n) is 4.58. The fraction of sp³-hybridized carbons (Fsp3) is 0.308. The fourth-order valence-corrected chi connectivity index (χ4v) is 2.97. The average molecular weight is 325 g/mol. The predicted molar refractivity (Wildman–Crippen MR) is 78.6 cm³/mol. The van der Waals surface area contributed by atoms with E-state index in [0.717, 1.165) is 6.20 Å². The monoisotopic (exact) mass is 325 g/mol. The van der Waals surface area contributed by atoms with E-state index in [9.17, 15) is 18.5 Å². The van der Waals surface area contributed by atoms with Crippen LogP contribution in [0.15, 0.2) is 36.5 Å². The van der Waals surface area contributed by atoms with Gasteiger partial charge in [0.1, 0.15) is 25.1 Å². The highest BCUT2D eigenvalue weighted by molar-refractivity contribution is 7.85. The van der Waals surface area contributed by atoms with Gasteiger partial charge in [0.15, 0.2) is 5.82 Å². The number of hydrogen-bond acceptors (Lipinski definition) is 6. The lowest BCUT2D eigenvalue weighted by Gasteiger charge is -2.06. The van der Waals surface area contributed by atoms with Gasteiger partial charge in [-0.1, -0.05) is 30.3 Å². The minimum atomic E-state index is -3.74. The molecule has 1 heterocycles. The number of aromatic nitrogens is 2. The molecule has 8 nitrogen and oxygen atoms in total. The second kappa shape index (κ2) is 6.67. The van der Waals surface area contributed by atoms with Crippen LogP contribution in [0, 0.1) is 17.0 Å². The van der Waals surface area contributed by atoms with E-state index in [1.165, 1.54) is 4.57 Å². The van der Waals surface area contributed by atoms with E-state index in [-0.39, 0.29) is 24.7 Å². The lowest BCUT2D eigenvalue weighted by atomic mass is 10.2. The van der Waals surface area contributed by atoms with E-state index < -0.39 is 15.0 Å². The first kappa shape index (κ1) is 16.1. The summed E-state index contributed by atoms with van der Waals surface area (Å²) in [5.41, 5.74) is 0.618. The number of nitro groups is 1. The van der Waals surface area contributed by atoms with Crippen LogP contribution in [-0.2, 0) is 26.6 Å². The van der Waals surface area contributed by atoms with E-state index in [2.05, 4.69) is 4.98 Å². The van der Waals surface area contributed by atoms with Gasteiger partial charge in [-0.3, -0.25) is 4.18 Å². The van der Waals surface area contributed by atoms with Crippen molar-refractivity contribution in [3.63, 3.8) is 0 Å². The Morgan fingerprint density at radius 3 is 2.64 bits per heavy atom. The van der Waals surface area contributed by atoms with Crippen molar-refractivity contribution < 1.29 is 17.5 Å². The number of rotatable bonds is 7. The molecule has 0 amide bonds. The minimum absolute atomic E-state index is 0.0379. The summed E-state index contributed by atoms with van der Waals surface area (Å²) in [7, 11) is -3.74. The zero-order valence-corrected chi connectivity index (χ0v) is 12.7. The van der Waals surface area contributed by atoms with Gasteiger partial charge in [0.25, 0.3) is 10.1 Å². The van der Waals surface area contributed by atoms with Gasteiger partial charge >= 0.3 is 5.82 Å². The standard InChI is InChI=1S/C13H15N3O5S/c1-11-14-9-13(16(17)18)15(11)7-8-21-22(19,20)10-12-5-3-2-4-6-12/h2-6,9H,7-8,10H2,1H3. The van der Waals surface area contributed by atoms with Gasteiger partial charge in [-0.05, 0) is 10.5 Å². The minimum Gasteiger partial charge on any atom is -0.358 e. The van der Waals surface area contributed by atoms with Gasteiger partial charge in [-0.25, -0.2) is 9.55 Å². The van der Waals surface area contributed by atoms with E-state index >= 15 is 0 Å². The summed E-state index contributed by atoms with van der Waals surface area (Å²) in [5, 5.41) is 10.8. The normalized spacial score (nSPS) is 11.5. The van der Waals surface area contributed by atoms with Gasteiger partial charge in [0, 0.05) is 6.92 Å². The lowest BCUT2D eigenvalue weighted by Crippen LogP contribution is -2.15. The summed E-state index contributed by atoms with van der Waals surface area (Å²) in [5.74, 6) is -0.00363. The third-order valence-corrected chi connectivity index (χ3v) is 4.20. The van der Waals surface area contributed by atoms with Gasteiger partial charge in [0.2, 0.25) is 0 Å². The Morgan fingerprint density at radius 2 is 2.00 bits per heavy atom. The summed E-state index contributed by atoms with van der Waals surface area (Å²) in [6.07, 6.45) is 1.13. The molecule has 1 aromatic carbocycles. The molecule has 0 spiro atoms. The Bertz CT molecular complexity index is 755. The molecule has 0 bridgehead atoms. The van der Waals surface area contributed by atoms with Crippen LogP contribution >= 0.6 is 0 Å². The summed E-state index contributed by atoms with van der Waals surface area (Å²) in [4.78, 5) is 14.1. The zero-order chi connectivity index (χ0) is 16.2. The maximum absolute atomic E-state index is 11.9. The first-order chi connectivity index (χ1) is 10.4. The smallest absolute Gasteiger partial charge is 0.342 e. The molecule has 0 aliphatic carbocycles. The third kappa shape index (κ3) is 4.12. The molecule has 0 unspecified atom stereocenters. The van der Waals surface area contributed by atoms with Crippen LogP contribution in [0.1, 0.15) is 11.4 Å². The maximum Gasteiger partial charge on any atom is 0.342 e. The second-order valence-corrected chi connectivity index (χ2v) is 6.22. The van der Waals surface area contributed by atoms with Crippen molar-refractivity contribution in [3.8, 4) is 0 Å². The molecule has 9 heteroatoms. The molecule has 0 aliphatic rings. The van der Waals surface area contributed by atoms with Crippen molar-refractivity contribution in [1.29, 1.82) is 0 Å². The molecule has 2 aromatic rings. The molecule has 0 aliphatic heterocycles. The van der Waals surface area contributed by atoms with Crippen LogP contribution in [0.2, 0.25) is 0 Å².